The fraction of sp³-hybridized carbons (Fsp3) is 0.875. The maximum Gasteiger partial charge on any atom is 0.0793 e. The van der Waals surface area contributed by atoms with Crippen molar-refractivity contribution >= 4 is 0 Å². The zero-order chi connectivity index (χ0) is 8.16. The van der Waals surface area contributed by atoms with Crippen LogP contribution < -0.4 is 0 Å². The van der Waals surface area contributed by atoms with Gasteiger partial charge in [-0.25, -0.2) is 0 Å². The van der Waals surface area contributed by atoms with E-state index in [4.69, 9.17) is 5.26 Å². The molecular weight excluding hydrogens is 140 g/mol. The molecule has 0 unspecified atom stereocenters. The molecule has 11 heavy (non-hydrogen) atoms. The number of hydroxylamine groups is 3. The summed E-state index contributed by atoms with van der Waals surface area (Å²) in [5.74, 6) is 0. The normalized spacial score (nSPS) is 21.5. The van der Waals surface area contributed by atoms with Crippen molar-refractivity contribution < 1.29 is 4.65 Å². The Bertz CT molecular complexity index is 156. The quantitative estimate of drug-likeness (QED) is 0.350. The molecule has 0 aromatic rings. The summed E-state index contributed by atoms with van der Waals surface area (Å²) in [7, 11) is 0. The van der Waals surface area contributed by atoms with Crippen LogP contribution in [0.3, 0.4) is 0 Å². The van der Waals surface area contributed by atoms with Gasteiger partial charge >= 0.3 is 0 Å². The predicted octanol–water partition coefficient (Wildman–Crippen LogP) is 1.40. The first-order valence-corrected chi connectivity index (χ1v) is 4.21. The van der Waals surface area contributed by atoms with Gasteiger partial charge in [0.2, 0.25) is 0 Å². The number of quaternary nitrogens is 1. The molecule has 1 saturated heterocycles. The first kappa shape index (κ1) is 8.51. The third kappa shape index (κ3) is 2.49. The predicted molar refractivity (Wildman–Crippen MR) is 42.3 cm³/mol. The van der Waals surface area contributed by atoms with Crippen LogP contribution >= 0.6 is 0 Å². The van der Waals surface area contributed by atoms with Gasteiger partial charge in [0.25, 0.3) is 0 Å². The Hall–Kier alpha value is -0.590. The van der Waals surface area contributed by atoms with Crippen LogP contribution in [0.1, 0.15) is 25.7 Å². The van der Waals surface area contributed by atoms with Crippen LogP contribution in [0.2, 0.25) is 0 Å². The van der Waals surface area contributed by atoms with Crippen molar-refractivity contribution in [1.82, 2.24) is 0 Å². The van der Waals surface area contributed by atoms with Gasteiger partial charge < -0.3 is 9.85 Å². The lowest BCUT2D eigenvalue weighted by Crippen LogP contribution is -2.39. The molecule has 0 aromatic carbocycles. The van der Waals surface area contributed by atoms with Crippen LogP contribution in [0.15, 0.2) is 0 Å². The maximum absolute atomic E-state index is 11.6. The molecule has 0 N–H and O–H groups in total. The molecule has 1 heterocycles. The van der Waals surface area contributed by atoms with E-state index in [-0.39, 0.29) is 4.65 Å². The molecular formula is C8H14N2O. The minimum absolute atomic E-state index is 0.0400. The molecule has 0 aromatic heterocycles. The lowest BCUT2D eigenvalue weighted by atomic mass is 10.3. The van der Waals surface area contributed by atoms with Crippen molar-refractivity contribution in [3.8, 4) is 6.07 Å². The number of nitrogens with zero attached hydrogens (tertiary/aromatic N) is 2. The summed E-state index contributed by atoms with van der Waals surface area (Å²) in [6, 6.07) is 2.06. The average Bonchev–Trinajstić information content (AvgIpc) is 2.38. The number of unbranched alkanes of at least 4 members (excludes halogenated alkanes) is 1. The SMILES string of the molecule is N#CCCC[N+]1([O-])CCCC1. The second kappa shape index (κ2) is 3.70. The summed E-state index contributed by atoms with van der Waals surface area (Å²) in [6.07, 6.45) is 3.42. The largest absolute Gasteiger partial charge is 0.633 e. The molecule has 0 saturated carbocycles. The van der Waals surface area contributed by atoms with Crippen molar-refractivity contribution in [3.05, 3.63) is 5.21 Å². The zero-order valence-corrected chi connectivity index (χ0v) is 6.75. The molecule has 1 aliphatic heterocycles. The summed E-state index contributed by atoms with van der Waals surface area (Å²) in [5.41, 5.74) is 0. The van der Waals surface area contributed by atoms with Crippen LogP contribution in [0.4, 0.5) is 0 Å². The topological polar surface area (TPSA) is 46.8 Å². The van der Waals surface area contributed by atoms with E-state index >= 15 is 0 Å². The molecule has 1 fully saturated rings. The van der Waals surface area contributed by atoms with Crippen molar-refractivity contribution in [2.24, 2.45) is 0 Å². The molecule has 0 bridgehead atoms. The van der Waals surface area contributed by atoms with Crippen molar-refractivity contribution in [3.63, 3.8) is 0 Å². The number of likely N-dealkylation sites (tertiary alicyclic amines) is 1. The van der Waals surface area contributed by atoms with E-state index in [0.29, 0.717) is 13.0 Å². The second-order valence-corrected chi connectivity index (χ2v) is 3.20. The molecule has 0 amide bonds. The second-order valence-electron chi connectivity index (χ2n) is 3.20. The first-order valence-electron chi connectivity index (χ1n) is 4.21. The molecule has 0 radical (unpaired) electrons. The van der Waals surface area contributed by atoms with Gasteiger partial charge in [-0.05, 0) is 0 Å². The van der Waals surface area contributed by atoms with E-state index in [9.17, 15) is 5.21 Å². The van der Waals surface area contributed by atoms with E-state index in [1.165, 1.54) is 0 Å². The van der Waals surface area contributed by atoms with Gasteiger partial charge in [0.1, 0.15) is 0 Å². The van der Waals surface area contributed by atoms with Crippen LogP contribution in [0.5, 0.6) is 0 Å². The van der Waals surface area contributed by atoms with Crippen LogP contribution in [-0.2, 0) is 0 Å². The number of hydrogen-bond acceptors (Lipinski definition) is 2. The average molecular weight is 154 g/mol. The van der Waals surface area contributed by atoms with E-state index < -0.39 is 0 Å². The number of nitriles is 1. The number of rotatable bonds is 3. The Balaban J connectivity index is 2.19. The summed E-state index contributed by atoms with van der Waals surface area (Å²) in [5, 5.41) is 19.9. The molecule has 0 spiro atoms. The summed E-state index contributed by atoms with van der Waals surface area (Å²) < 4.78 is -0.0400. The van der Waals surface area contributed by atoms with E-state index in [2.05, 4.69) is 6.07 Å². The van der Waals surface area contributed by atoms with Gasteiger partial charge in [-0.2, -0.15) is 5.26 Å². The fourth-order valence-electron chi connectivity index (χ4n) is 1.58. The summed E-state index contributed by atoms with van der Waals surface area (Å²) >= 11 is 0. The van der Waals surface area contributed by atoms with E-state index in [1.54, 1.807) is 0 Å². The van der Waals surface area contributed by atoms with Crippen molar-refractivity contribution in [2.75, 3.05) is 19.6 Å². The molecule has 1 aliphatic rings. The van der Waals surface area contributed by atoms with Gasteiger partial charge in [-0.3, -0.25) is 0 Å². The molecule has 3 nitrogen and oxygen atoms in total. The van der Waals surface area contributed by atoms with Crippen molar-refractivity contribution in [1.29, 1.82) is 5.26 Å². The highest BCUT2D eigenvalue weighted by atomic mass is 16.5. The fourth-order valence-corrected chi connectivity index (χ4v) is 1.58. The number of hydrogen-bond donors (Lipinski definition) is 0. The molecule has 62 valence electrons. The third-order valence-electron chi connectivity index (χ3n) is 2.24. The Morgan fingerprint density at radius 3 is 2.55 bits per heavy atom. The molecule has 0 atom stereocenters. The third-order valence-corrected chi connectivity index (χ3v) is 2.24. The standard InChI is InChI=1S/C8H14N2O/c9-5-1-2-6-10(11)7-3-4-8-10/h1-4,6-8H2. The maximum atomic E-state index is 11.6. The van der Waals surface area contributed by atoms with Gasteiger partial charge in [0.05, 0.1) is 25.7 Å². The lowest BCUT2D eigenvalue weighted by Gasteiger charge is -2.38. The molecule has 1 rings (SSSR count). The van der Waals surface area contributed by atoms with Crippen molar-refractivity contribution in [2.45, 2.75) is 25.7 Å². The van der Waals surface area contributed by atoms with Gasteiger partial charge in [-0.1, -0.05) is 0 Å². The van der Waals surface area contributed by atoms with Crippen LogP contribution in [0.25, 0.3) is 0 Å². The van der Waals surface area contributed by atoms with Gasteiger partial charge in [0, 0.05) is 25.7 Å². The highest BCUT2D eigenvalue weighted by Gasteiger charge is 2.21. The minimum Gasteiger partial charge on any atom is -0.633 e. The van der Waals surface area contributed by atoms with E-state index in [0.717, 1.165) is 32.4 Å². The Kier molecular flexibility index (Phi) is 2.86. The zero-order valence-electron chi connectivity index (χ0n) is 6.75. The first-order chi connectivity index (χ1) is 5.27. The summed E-state index contributed by atoms with van der Waals surface area (Å²) in [6.45, 7) is 2.18. The summed E-state index contributed by atoms with van der Waals surface area (Å²) in [4.78, 5) is 0. The minimum atomic E-state index is -0.0400. The van der Waals surface area contributed by atoms with E-state index in [1.807, 2.05) is 0 Å². The lowest BCUT2D eigenvalue weighted by molar-refractivity contribution is -0.868. The Morgan fingerprint density at radius 1 is 1.36 bits per heavy atom. The monoisotopic (exact) mass is 154 g/mol. The van der Waals surface area contributed by atoms with Gasteiger partial charge in [-0.15, -0.1) is 0 Å². The van der Waals surface area contributed by atoms with Crippen LogP contribution in [-0.4, -0.2) is 24.3 Å². The highest BCUT2D eigenvalue weighted by Crippen LogP contribution is 2.17. The van der Waals surface area contributed by atoms with Gasteiger partial charge in [0.15, 0.2) is 0 Å². The molecule has 0 aliphatic carbocycles. The smallest absolute Gasteiger partial charge is 0.0793 e. The Morgan fingerprint density at radius 2 is 2.00 bits per heavy atom. The highest BCUT2D eigenvalue weighted by molar-refractivity contribution is 4.68. The van der Waals surface area contributed by atoms with Crippen LogP contribution in [0, 0.1) is 16.5 Å². The Labute approximate surface area is 67.4 Å². The molecule has 3 heteroatoms.